The van der Waals surface area contributed by atoms with E-state index in [1.54, 1.807) is 27.1 Å². The summed E-state index contributed by atoms with van der Waals surface area (Å²) in [6.07, 6.45) is 6.99. The summed E-state index contributed by atoms with van der Waals surface area (Å²) in [6, 6.07) is 10.4. The van der Waals surface area contributed by atoms with Crippen LogP contribution in [-0.4, -0.2) is 59.2 Å². The second kappa shape index (κ2) is 24.0. The molecule has 0 spiro atoms. The number of carbonyl (C=O) groups excluding carboxylic acids is 2. The van der Waals surface area contributed by atoms with E-state index in [-0.39, 0.29) is 36.5 Å². The third-order valence-electron chi connectivity index (χ3n) is 8.83. The van der Waals surface area contributed by atoms with Crippen LogP contribution in [0.2, 0.25) is 0 Å². The molecule has 3 unspecified atom stereocenters. The molecule has 0 saturated carbocycles. The van der Waals surface area contributed by atoms with Crippen molar-refractivity contribution in [3.63, 3.8) is 0 Å². The second-order valence-corrected chi connectivity index (χ2v) is 15.5. The average molecular weight is 745 g/mol. The highest BCUT2D eigenvalue weighted by atomic mass is 32.1. The fraction of sp³-hybridized carbons (Fsp3) is 0.619. The van der Waals surface area contributed by atoms with Crippen molar-refractivity contribution in [2.75, 3.05) is 26.8 Å². The third kappa shape index (κ3) is 15.3. The molecule has 7 nitrogen and oxygen atoms in total. The Balaban J connectivity index is 0.000000464. The zero-order valence-electron chi connectivity index (χ0n) is 33.9. The van der Waals surface area contributed by atoms with Gasteiger partial charge in [-0.05, 0) is 87.5 Å². The summed E-state index contributed by atoms with van der Waals surface area (Å²) < 4.78 is 26.3. The van der Waals surface area contributed by atoms with Crippen LogP contribution >= 0.6 is 11.3 Å². The van der Waals surface area contributed by atoms with Crippen LogP contribution in [0.15, 0.2) is 41.3 Å². The number of benzene rings is 1. The lowest BCUT2D eigenvalue weighted by Gasteiger charge is -2.22. The van der Waals surface area contributed by atoms with Crippen LogP contribution in [0.25, 0.3) is 0 Å². The molecule has 2 amide bonds. The Kier molecular flexibility index (Phi) is 21.5. The van der Waals surface area contributed by atoms with Crippen molar-refractivity contribution >= 4 is 23.2 Å². The van der Waals surface area contributed by atoms with Gasteiger partial charge in [0.25, 0.3) is 11.5 Å². The van der Waals surface area contributed by atoms with Crippen molar-refractivity contribution in [3.05, 3.63) is 84.7 Å². The predicted molar refractivity (Wildman–Crippen MR) is 214 cm³/mol. The summed E-state index contributed by atoms with van der Waals surface area (Å²) in [7, 11) is 3.53. The lowest BCUT2D eigenvalue weighted by atomic mass is 9.95. The molecule has 4 rings (SSSR count). The number of aryl methyl sites for hydroxylation is 4. The maximum Gasteiger partial charge on any atom is 0.271 e. The number of carbonyl (C=O) groups is 2. The molecule has 0 aliphatic heterocycles. The molecule has 0 saturated heterocycles. The van der Waals surface area contributed by atoms with Gasteiger partial charge < -0.3 is 14.8 Å². The van der Waals surface area contributed by atoms with Crippen LogP contribution in [0.1, 0.15) is 148 Å². The van der Waals surface area contributed by atoms with Gasteiger partial charge in [-0.2, -0.15) is 0 Å². The minimum absolute atomic E-state index is 0.0617. The highest BCUT2D eigenvalue weighted by Crippen LogP contribution is 2.30. The number of halogens is 2. The van der Waals surface area contributed by atoms with Gasteiger partial charge in [0.05, 0.1) is 23.2 Å². The van der Waals surface area contributed by atoms with Crippen molar-refractivity contribution in [1.82, 2.24) is 19.8 Å². The predicted octanol–water partition coefficient (Wildman–Crippen LogP) is 9.71. The summed E-state index contributed by atoms with van der Waals surface area (Å²) in [4.78, 5) is 44.5. The highest BCUT2D eigenvalue weighted by molar-refractivity contribution is 7.14. The van der Waals surface area contributed by atoms with E-state index in [2.05, 4.69) is 76.1 Å². The Morgan fingerprint density at radius 3 is 2.08 bits per heavy atom. The molecule has 2 heterocycles. The molecule has 52 heavy (non-hydrogen) atoms. The van der Waals surface area contributed by atoms with Crippen molar-refractivity contribution in [2.24, 2.45) is 13.0 Å². The molecule has 2 aromatic heterocycles. The molecule has 3 atom stereocenters. The SMILES string of the molecule is CC(C)CCN(C)C(=O)C(C)c1ccc(C(C)C)cc1.CCC.CCF.Cc1nc(C(C)C(F)CNC(=O)c2cc3c(s2)CCCC3)cn(C)c1=O. The smallest absolute Gasteiger partial charge is 0.271 e. The van der Waals surface area contributed by atoms with Crippen LogP contribution in [0.5, 0.6) is 0 Å². The van der Waals surface area contributed by atoms with Crippen molar-refractivity contribution in [2.45, 2.75) is 132 Å². The number of alkyl halides is 2. The number of hydrogen-bond acceptors (Lipinski definition) is 5. The zero-order chi connectivity index (χ0) is 39.5. The number of hydrogen-bond donors (Lipinski definition) is 1. The second-order valence-electron chi connectivity index (χ2n) is 14.4. The molecule has 3 aromatic rings. The maximum atomic E-state index is 14.6. The van der Waals surface area contributed by atoms with E-state index < -0.39 is 12.1 Å². The van der Waals surface area contributed by atoms with Crippen molar-refractivity contribution in [1.29, 1.82) is 0 Å². The first-order chi connectivity index (χ1) is 24.5. The van der Waals surface area contributed by atoms with Crippen LogP contribution in [0, 0.1) is 12.8 Å². The van der Waals surface area contributed by atoms with Gasteiger partial charge in [0.1, 0.15) is 11.9 Å². The van der Waals surface area contributed by atoms with E-state index in [0.717, 1.165) is 31.4 Å². The number of rotatable bonds is 11. The number of aromatic nitrogens is 2. The standard InChI is InChI=1S/C19H24FN3O2S.C18H29NO.C3H8.C2H5F/c1-11(15-10-23(3)19(25)12(2)22-15)14(20)9-21-18(24)17-8-13-6-4-5-7-16(13)26-17;1-13(2)11-12-19(6)18(20)15(5)17-9-7-16(8-10-17)14(3)4;1-3-2;1-2-3/h8,10-11,14H,4-7,9H2,1-3H3,(H,21,24);7-10,13-15H,11-12H2,1-6H3;3H2,1-2H3;2H2,1H3. The highest BCUT2D eigenvalue weighted by Gasteiger charge is 2.23. The number of thiophene rings is 1. The molecule has 1 aliphatic carbocycles. The molecule has 292 valence electrons. The van der Waals surface area contributed by atoms with Gasteiger partial charge in [0.2, 0.25) is 5.91 Å². The Hall–Kier alpha value is -3.40. The molecular formula is C42H66F2N4O3S. The van der Waals surface area contributed by atoms with Crippen molar-refractivity contribution in [3.8, 4) is 0 Å². The Labute approximate surface area is 316 Å². The topological polar surface area (TPSA) is 84.3 Å². The lowest BCUT2D eigenvalue weighted by molar-refractivity contribution is -0.131. The number of nitrogens with zero attached hydrogens (tertiary/aromatic N) is 3. The largest absolute Gasteiger partial charge is 0.348 e. The van der Waals surface area contributed by atoms with Crippen LogP contribution in [0.3, 0.4) is 0 Å². The normalized spacial score (nSPS) is 13.6. The molecular weight excluding hydrogens is 679 g/mol. The van der Waals surface area contributed by atoms with E-state index in [9.17, 15) is 23.2 Å². The number of likely N-dealkylation sites (N-methyl/N-ethyl adjacent to an activating group) is 1. The quantitative estimate of drug-likeness (QED) is 0.212. The van der Waals surface area contributed by atoms with E-state index in [1.165, 1.54) is 58.1 Å². The van der Waals surface area contributed by atoms with Crippen LogP contribution in [0.4, 0.5) is 8.78 Å². The first-order valence-electron chi connectivity index (χ1n) is 19.0. The Morgan fingerprint density at radius 2 is 1.56 bits per heavy atom. The van der Waals surface area contributed by atoms with E-state index in [0.29, 0.717) is 28.1 Å². The van der Waals surface area contributed by atoms with E-state index in [4.69, 9.17) is 0 Å². The van der Waals surface area contributed by atoms with Gasteiger partial charge in [-0.3, -0.25) is 23.8 Å². The fourth-order valence-corrected chi connectivity index (χ4v) is 6.62. The summed E-state index contributed by atoms with van der Waals surface area (Å²) >= 11 is 1.52. The van der Waals surface area contributed by atoms with Gasteiger partial charge >= 0.3 is 0 Å². The summed E-state index contributed by atoms with van der Waals surface area (Å²) in [5, 5.41) is 2.70. The molecule has 0 fully saturated rings. The minimum atomic E-state index is -1.28. The van der Waals surface area contributed by atoms with Gasteiger partial charge in [0, 0.05) is 44.2 Å². The molecule has 10 heteroatoms. The molecule has 1 aromatic carbocycles. The van der Waals surface area contributed by atoms with E-state index >= 15 is 0 Å². The molecule has 1 aliphatic rings. The minimum Gasteiger partial charge on any atom is -0.348 e. The summed E-state index contributed by atoms with van der Waals surface area (Å²) in [6.45, 7) is 20.3. The van der Waals surface area contributed by atoms with E-state index in [1.807, 2.05) is 24.9 Å². The number of nitrogens with one attached hydrogen (secondary N) is 1. The fourth-order valence-electron chi connectivity index (χ4n) is 5.45. The van der Waals surface area contributed by atoms with Gasteiger partial charge in [0.15, 0.2) is 0 Å². The molecule has 1 N–H and O–H groups in total. The third-order valence-corrected chi connectivity index (χ3v) is 10.1. The first-order valence-corrected chi connectivity index (χ1v) is 19.8. The monoisotopic (exact) mass is 744 g/mol. The van der Waals surface area contributed by atoms with Gasteiger partial charge in [-0.1, -0.05) is 79.2 Å². The Bertz CT molecular complexity index is 1500. The maximum absolute atomic E-state index is 14.6. The molecule has 0 bridgehead atoms. The number of fused-ring (bicyclic) bond motifs is 1. The van der Waals surface area contributed by atoms with Crippen molar-refractivity contribution < 1.29 is 18.4 Å². The van der Waals surface area contributed by atoms with Gasteiger partial charge in [-0.15, -0.1) is 11.3 Å². The summed E-state index contributed by atoms with van der Waals surface area (Å²) in [5.41, 5.74) is 4.36. The Morgan fingerprint density at radius 1 is 1.00 bits per heavy atom. The molecule has 0 radical (unpaired) electrons. The lowest BCUT2D eigenvalue weighted by Crippen LogP contribution is -2.33. The number of amides is 2. The first kappa shape index (κ1) is 46.6. The van der Waals surface area contributed by atoms with Crippen LogP contribution in [-0.2, 0) is 24.7 Å². The average Bonchev–Trinajstić information content (AvgIpc) is 3.56. The van der Waals surface area contributed by atoms with Crippen LogP contribution < -0.4 is 10.9 Å². The summed E-state index contributed by atoms with van der Waals surface area (Å²) in [5.74, 6) is 0.576. The van der Waals surface area contributed by atoms with Gasteiger partial charge in [-0.25, -0.2) is 4.39 Å². The zero-order valence-corrected chi connectivity index (χ0v) is 34.8.